The van der Waals surface area contributed by atoms with Crippen molar-refractivity contribution in [3.8, 4) is 0 Å². The predicted molar refractivity (Wildman–Crippen MR) is 60.0 cm³/mol. The van der Waals surface area contributed by atoms with Crippen molar-refractivity contribution < 1.29 is 8.95 Å². The highest BCUT2D eigenvalue weighted by Gasteiger charge is 2.20. The van der Waals surface area contributed by atoms with Crippen LogP contribution in [0.5, 0.6) is 0 Å². The molecule has 0 saturated carbocycles. The van der Waals surface area contributed by atoms with E-state index in [0.29, 0.717) is 18.2 Å². The van der Waals surface area contributed by atoms with Crippen LogP contribution >= 0.6 is 0 Å². The Morgan fingerprint density at radius 3 is 2.93 bits per heavy atom. The minimum Gasteiger partial charge on any atom is -0.378 e. The Bertz CT molecular complexity index is 199. The lowest BCUT2D eigenvalue weighted by atomic mass is 10.0. The highest BCUT2D eigenvalue weighted by Crippen LogP contribution is 2.13. The van der Waals surface area contributed by atoms with Crippen molar-refractivity contribution in [1.29, 1.82) is 0 Å². The van der Waals surface area contributed by atoms with Gasteiger partial charge in [-0.1, -0.05) is 0 Å². The van der Waals surface area contributed by atoms with E-state index in [9.17, 15) is 4.21 Å². The molecule has 1 N–H and O–H groups in total. The van der Waals surface area contributed by atoms with E-state index < -0.39 is 10.8 Å². The molecule has 14 heavy (non-hydrogen) atoms. The summed E-state index contributed by atoms with van der Waals surface area (Å²) in [5, 5.41) is 3.51. The maximum absolute atomic E-state index is 11.0. The highest BCUT2D eigenvalue weighted by atomic mass is 32.2. The summed E-state index contributed by atoms with van der Waals surface area (Å²) in [5.41, 5.74) is 0. The van der Waals surface area contributed by atoms with Gasteiger partial charge in [-0.2, -0.15) is 0 Å². The lowest BCUT2D eigenvalue weighted by molar-refractivity contribution is 0.0121. The summed E-state index contributed by atoms with van der Waals surface area (Å²) in [5.74, 6) is 0.742. The first-order chi connectivity index (χ1) is 6.58. The second-order valence-corrected chi connectivity index (χ2v) is 5.69. The van der Waals surface area contributed by atoms with Crippen molar-refractivity contribution in [2.45, 2.75) is 44.9 Å². The van der Waals surface area contributed by atoms with Gasteiger partial charge in [-0.25, -0.2) is 0 Å². The van der Waals surface area contributed by atoms with Crippen molar-refractivity contribution in [3.05, 3.63) is 0 Å². The first-order valence-corrected chi connectivity index (χ1v) is 6.98. The van der Waals surface area contributed by atoms with Gasteiger partial charge in [0, 0.05) is 41.5 Å². The topological polar surface area (TPSA) is 38.3 Å². The Balaban J connectivity index is 2.25. The molecule has 0 spiro atoms. The zero-order chi connectivity index (χ0) is 10.6. The maximum Gasteiger partial charge on any atom is 0.0561 e. The molecule has 1 fully saturated rings. The quantitative estimate of drug-likeness (QED) is 0.764. The molecule has 1 saturated heterocycles. The summed E-state index contributed by atoms with van der Waals surface area (Å²) in [6.07, 6.45) is 4.26. The average Bonchev–Trinajstić information content (AvgIpc) is 2.01. The van der Waals surface area contributed by atoms with E-state index in [1.54, 1.807) is 6.26 Å². The first kappa shape index (κ1) is 12.1. The molecule has 4 atom stereocenters. The third-order valence-electron chi connectivity index (χ3n) is 2.49. The minimum absolute atomic E-state index is 0.344. The van der Waals surface area contributed by atoms with E-state index in [1.165, 1.54) is 0 Å². The Kier molecular flexibility index (Phi) is 5.06. The van der Waals surface area contributed by atoms with Crippen molar-refractivity contribution in [1.82, 2.24) is 5.32 Å². The van der Waals surface area contributed by atoms with Crippen molar-refractivity contribution >= 4 is 10.8 Å². The molecule has 3 nitrogen and oxygen atoms in total. The van der Waals surface area contributed by atoms with Crippen LogP contribution in [0.25, 0.3) is 0 Å². The molecular weight excluding hydrogens is 198 g/mol. The summed E-state index contributed by atoms with van der Waals surface area (Å²) >= 11 is 0. The fourth-order valence-corrected chi connectivity index (χ4v) is 2.75. The van der Waals surface area contributed by atoms with E-state index in [2.05, 4.69) is 19.2 Å². The molecule has 0 aromatic rings. The highest BCUT2D eigenvalue weighted by molar-refractivity contribution is 7.84. The van der Waals surface area contributed by atoms with Crippen LogP contribution in [0.4, 0.5) is 0 Å². The summed E-state index contributed by atoms with van der Waals surface area (Å²) in [4.78, 5) is 0. The third-order valence-corrected chi connectivity index (χ3v) is 3.46. The molecule has 0 bridgehead atoms. The van der Waals surface area contributed by atoms with Crippen LogP contribution in [0, 0.1) is 0 Å². The molecular formula is C10H21NO2S. The van der Waals surface area contributed by atoms with Gasteiger partial charge in [0.15, 0.2) is 0 Å². The summed E-state index contributed by atoms with van der Waals surface area (Å²) < 4.78 is 16.5. The number of nitrogens with one attached hydrogen (secondary N) is 1. The Labute approximate surface area is 89.1 Å². The van der Waals surface area contributed by atoms with Crippen LogP contribution in [0.3, 0.4) is 0 Å². The van der Waals surface area contributed by atoms with Gasteiger partial charge in [0.1, 0.15) is 0 Å². The molecule has 1 rings (SSSR count). The number of ether oxygens (including phenoxy) is 1. The Hall–Kier alpha value is 0.0700. The van der Waals surface area contributed by atoms with Gasteiger partial charge in [-0.05, 0) is 26.7 Å². The normalized spacial score (nSPS) is 32.5. The van der Waals surface area contributed by atoms with Crippen LogP contribution in [0.1, 0.15) is 26.7 Å². The average molecular weight is 219 g/mol. The molecule has 0 radical (unpaired) electrons. The van der Waals surface area contributed by atoms with Gasteiger partial charge < -0.3 is 10.1 Å². The van der Waals surface area contributed by atoms with E-state index in [4.69, 9.17) is 4.74 Å². The monoisotopic (exact) mass is 219 g/mol. The largest absolute Gasteiger partial charge is 0.378 e. The fraction of sp³-hybridized carbons (Fsp3) is 1.00. The van der Waals surface area contributed by atoms with Crippen molar-refractivity contribution in [2.24, 2.45) is 0 Å². The minimum atomic E-state index is -0.702. The van der Waals surface area contributed by atoms with Crippen molar-refractivity contribution in [3.63, 3.8) is 0 Å². The zero-order valence-corrected chi connectivity index (χ0v) is 10.1. The smallest absolute Gasteiger partial charge is 0.0561 e. The number of hydrogen-bond donors (Lipinski definition) is 1. The van der Waals surface area contributed by atoms with Crippen LogP contribution in [0.15, 0.2) is 0 Å². The van der Waals surface area contributed by atoms with Crippen LogP contribution < -0.4 is 5.32 Å². The zero-order valence-electron chi connectivity index (χ0n) is 9.29. The fourth-order valence-electron chi connectivity index (χ4n) is 1.95. The molecule has 0 amide bonds. The second kappa shape index (κ2) is 5.83. The van der Waals surface area contributed by atoms with Gasteiger partial charge in [-0.3, -0.25) is 4.21 Å². The maximum atomic E-state index is 11.0. The van der Waals surface area contributed by atoms with Crippen LogP contribution in [-0.4, -0.2) is 41.0 Å². The lowest BCUT2D eigenvalue weighted by Gasteiger charge is -2.30. The van der Waals surface area contributed by atoms with Gasteiger partial charge in [-0.15, -0.1) is 0 Å². The molecule has 0 aliphatic carbocycles. The second-order valence-electron chi connectivity index (χ2n) is 4.21. The van der Waals surface area contributed by atoms with E-state index in [1.807, 2.05) is 0 Å². The van der Waals surface area contributed by atoms with Crippen LogP contribution in [-0.2, 0) is 15.5 Å². The Morgan fingerprint density at radius 1 is 1.64 bits per heavy atom. The number of hydrogen-bond acceptors (Lipinski definition) is 3. The predicted octanol–water partition coefficient (Wildman–Crippen LogP) is 0.910. The third kappa shape index (κ3) is 4.53. The molecule has 4 heteroatoms. The lowest BCUT2D eigenvalue weighted by Crippen LogP contribution is -2.44. The van der Waals surface area contributed by atoms with Gasteiger partial charge in [0.05, 0.1) is 6.10 Å². The van der Waals surface area contributed by atoms with E-state index in [0.717, 1.165) is 25.2 Å². The molecule has 1 aliphatic heterocycles. The van der Waals surface area contributed by atoms with Gasteiger partial charge >= 0.3 is 0 Å². The van der Waals surface area contributed by atoms with Gasteiger partial charge in [0.2, 0.25) is 0 Å². The van der Waals surface area contributed by atoms with Crippen molar-refractivity contribution in [2.75, 3.05) is 18.6 Å². The van der Waals surface area contributed by atoms with E-state index in [-0.39, 0.29) is 0 Å². The Morgan fingerprint density at radius 2 is 2.36 bits per heavy atom. The molecule has 4 unspecified atom stereocenters. The first-order valence-electron chi connectivity index (χ1n) is 5.25. The summed E-state index contributed by atoms with van der Waals surface area (Å²) in [6, 6.07) is 0.883. The molecule has 0 aromatic heterocycles. The SMILES string of the molecule is CC(CS(C)=O)NC1CCOC(C)C1. The molecule has 84 valence electrons. The van der Waals surface area contributed by atoms with E-state index >= 15 is 0 Å². The summed E-state index contributed by atoms with van der Waals surface area (Å²) in [7, 11) is -0.702. The molecule has 1 heterocycles. The van der Waals surface area contributed by atoms with Crippen LogP contribution in [0.2, 0.25) is 0 Å². The summed E-state index contributed by atoms with van der Waals surface area (Å²) in [6.45, 7) is 5.05. The van der Waals surface area contributed by atoms with Gasteiger partial charge in [0.25, 0.3) is 0 Å². The number of rotatable bonds is 4. The molecule has 0 aromatic carbocycles. The molecule has 1 aliphatic rings. The standard InChI is InChI=1S/C10H21NO2S/c1-8(7-14(3)12)11-10-4-5-13-9(2)6-10/h8-11H,4-7H2,1-3H3.